The number of carbonyl (C=O) groups is 1. The molecule has 0 aliphatic carbocycles. The van der Waals surface area contributed by atoms with Gasteiger partial charge >= 0.3 is 5.97 Å². The predicted molar refractivity (Wildman–Crippen MR) is 88.7 cm³/mol. The van der Waals surface area contributed by atoms with E-state index in [0.717, 1.165) is 29.8 Å². The molecule has 1 aromatic heterocycles. The standard InChI is InChI=1S/C18H22N2O3/c1-5-7-15-10-11-20(19-15)16-9-8-13(3)17(12-16)23-14(4)18(21)22-6-2/h8-12H,4-7H2,1-3H3. The molecule has 5 nitrogen and oxygen atoms in total. The van der Waals surface area contributed by atoms with Gasteiger partial charge in [-0.25, -0.2) is 9.48 Å². The molecule has 0 aliphatic rings. The number of carbonyl (C=O) groups excluding carboxylic acids is 1. The van der Waals surface area contributed by atoms with Crippen LogP contribution in [-0.4, -0.2) is 22.4 Å². The molecule has 0 fully saturated rings. The van der Waals surface area contributed by atoms with E-state index in [-0.39, 0.29) is 12.4 Å². The van der Waals surface area contributed by atoms with Crippen LogP contribution in [0.25, 0.3) is 5.69 Å². The molecule has 0 saturated carbocycles. The summed E-state index contributed by atoms with van der Waals surface area (Å²) in [6, 6.07) is 7.71. The van der Waals surface area contributed by atoms with Crippen molar-refractivity contribution in [2.24, 2.45) is 0 Å². The van der Waals surface area contributed by atoms with Crippen molar-refractivity contribution in [3.63, 3.8) is 0 Å². The van der Waals surface area contributed by atoms with Crippen LogP contribution in [0.1, 0.15) is 31.5 Å². The van der Waals surface area contributed by atoms with Crippen molar-refractivity contribution >= 4 is 5.97 Å². The van der Waals surface area contributed by atoms with Crippen molar-refractivity contribution in [2.45, 2.75) is 33.6 Å². The second kappa shape index (κ2) is 7.63. The van der Waals surface area contributed by atoms with Gasteiger partial charge in [0.1, 0.15) is 5.75 Å². The fourth-order valence-electron chi connectivity index (χ4n) is 2.12. The van der Waals surface area contributed by atoms with Gasteiger partial charge in [-0.2, -0.15) is 5.10 Å². The third-order valence-corrected chi connectivity index (χ3v) is 3.32. The van der Waals surface area contributed by atoms with E-state index >= 15 is 0 Å². The van der Waals surface area contributed by atoms with E-state index in [9.17, 15) is 4.79 Å². The Morgan fingerprint density at radius 1 is 1.30 bits per heavy atom. The number of hydrogen-bond donors (Lipinski definition) is 0. The Morgan fingerprint density at radius 2 is 2.09 bits per heavy atom. The van der Waals surface area contributed by atoms with Crippen LogP contribution >= 0.6 is 0 Å². The Labute approximate surface area is 136 Å². The van der Waals surface area contributed by atoms with Gasteiger partial charge in [0.05, 0.1) is 18.0 Å². The minimum atomic E-state index is -0.554. The maximum absolute atomic E-state index is 11.6. The maximum atomic E-state index is 11.6. The highest BCUT2D eigenvalue weighted by atomic mass is 16.6. The summed E-state index contributed by atoms with van der Waals surface area (Å²) in [5, 5.41) is 4.53. The Balaban J connectivity index is 2.21. The molecular formula is C18H22N2O3. The van der Waals surface area contributed by atoms with E-state index in [1.807, 2.05) is 37.4 Å². The van der Waals surface area contributed by atoms with Crippen LogP contribution in [-0.2, 0) is 16.0 Å². The lowest BCUT2D eigenvalue weighted by atomic mass is 10.2. The number of aromatic nitrogens is 2. The number of benzene rings is 1. The highest BCUT2D eigenvalue weighted by molar-refractivity contribution is 5.86. The van der Waals surface area contributed by atoms with Crippen molar-refractivity contribution in [3.05, 3.63) is 54.1 Å². The molecule has 0 aliphatic heterocycles. The van der Waals surface area contributed by atoms with E-state index in [4.69, 9.17) is 9.47 Å². The average molecular weight is 314 g/mol. The van der Waals surface area contributed by atoms with Gasteiger partial charge in [-0.15, -0.1) is 0 Å². The molecule has 1 aromatic carbocycles. The number of esters is 1. The largest absolute Gasteiger partial charge is 0.460 e. The van der Waals surface area contributed by atoms with Crippen LogP contribution < -0.4 is 4.74 Å². The molecule has 0 bridgehead atoms. The minimum Gasteiger partial charge on any atom is -0.460 e. The molecule has 1 heterocycles. The first-order valence-corrected chi connectivity index (χ1v) is 7.74. The number of rotatable bonds is 7. The van der Waals surface area contributed by atoms with Crippen molar-refractivity contribution < 1.29 is 14.3 Å². The van der Waals surface area contributed by atoms with Crippen molar-refractivity contribution in [3.8, 4) is 11.4 Å². The molecule has 0 saturated heterocycles. The summed E-state index contributed by atoms with van der Waals surface area (Å²) in [7, 11) is 0. The van der Waals surface area contributed by atoms with Gasteiger partial charge in [0.25, 0.3) is 0 Å². The van der Waals surface area contributed by atoms with Crippen LogP contribution in [0.3, 0.4) is 0 Å². The summed E-state index contributed by atoms with van der Waals surface area (Å²) in [5.41, 5.74) is 2.82. The predicted octanol–water partition coefficient (Wildman–Crippen LogP) is 3.59. The lowest BCUT2D eigenvalue weighted by molar-refractivity contribution is -0.140. The number of ether oxygens (including phenoxy) is 2. The molecule has 0 atom stereocenters. The zero-order valence-corrected chi connectivity index (χ0v) is 13.8. The molecule has 122 valence electrons. The molecular weight excluding hydrogens is 292 g/mol. The van der Waals surface area contributed by atoms with E-state index in [0.29, 0.717) is 5.75 Å². The van der Waals surface area contributed by atoms with Gasteiger partial charge in [-0.3, -0.25) is 0 Å². The van der Waals surface area contributed by atoms with E-state index < -0.39 is 5.97 Å². The third kappa shape index (κ3) is 4.22. The quantitative estimate of drug-likeness (QED) is 0.445. The van der Waals surface area contributed by atoms with Gasteiger partial charge in [0, 0.05) is 12.3 Å². The summed E-state index contributed by atoms with van der Waals surface area (Å²) >= 11 is 0. The van der Waals surface area contributed by atoms with E-state index in [1.165, 1.54) is 0 Å². The Kier molecular flexibility index (Phi) is 5.57. The molecule has 5 heteroatoms. The monoisotopic (exact) mass is 314 g/mol. The van der Waals surface area contributed by atoms with Crippen molar-refractivity contribution in [2.75, 3.05) is 6.61 Å². The van der Waals surface area contributed by atoms with E-state index in [1.54, 1.807) is 11.6 Å². The van der Waals surface area contributed by atoms with Crippen LogP contribution in [0.2, 0.25) is 0 Å². The van der Waals surface area contributed by atoms with Gasteiger partial charge in [-0.05, 0) is 44.5 Å². The van der Waals surface area contributed by atoms with Gasteiger partial charge in [-0.1, -0.05) is 19.4 Å². The highest BCUT2D eigenvalue weighted by Gasteiger charge is 2.13. The first kappa shape index (κ1) is 16.8. The van der Waals surface area contributed by atoms with Gasteiger partial charge in [0.15, 0.2) is 0 Å². The van der Waals surface area contributed by atoms with Gasteiger partial charge < -0.3 is 9.47 Å². The Morgan fingerprint density at radius 3 is 2.78 bits per heavy atom. The summed E-state index contributed by atoms with van der Waals surface area (Å²) < 4.78 is 12.2. The fraction of sp³-hybridized carbons (Fsp3) is 0.333. The second-order valence-electron chi connectivity index (χ2n) is 5.20. The first-order valence-electron chi connectivity index (χ1n) is 7.74. The van der Waals surface area contributed by atoms with Crippen LogP contribution in [0.5, 0.6) is 5.75 Å². The highest BCUT2D eigenvalue weighted by Crippen LogP contribution is 2.24. The number of hydrogen-bond acceptors (Lipinski definition) is 4. The normalized spacial score (nSPS) is 10.4. The topological polar surface area (TPSA) is 53.4 Å². The molecule has 0 N–H and O–H groups in total. The summed E-state index contributed by atoms with van der Waals surface area (Å²) in [6.07, 6.45) is 3.92. The zero-order chi connectivity index (χ0) is 16.8. The molecule has 0 unspecified atom stereocenters. The maximum Gasteiger partial charge on any atom is 0.373 e. The molecule has 0 radical (unpaired) electrons. The molecule has 0 spiro atoms. The smallest absolute Gasteiger partial charge is 0.373 e. The molecule has 0 amide bonds. The number of nitrogens with zero attached hydrogens (tertiary/aromatic N) is 2. The minimum absolute atomic E-state index is 0.0285. The molecule has 2 rings (SSSR count). The number of aryl methyl sites for hydroxylation is 2. The van der Waals surface area contributed by atoms with Crippen LogP contribution in [0.4, 0.5) is 0 Å². The molecule has 23 heavy (non-hydrogen) atoms. The van der Waals surface area contributed by atoms with Crippen molar-refractivity contribution in [1.29, 1.82) is 0 Å². The van der Waals surface area contributed by atoms with Gasteiger partial charge in [0.2, 0.25) is 5.76 Å². The van der Waals surface area contributed by atoms with Crippen LogP contribution in [0, 0.1) is 6.92 Å². The Hall–Kier alpha value is -2.56. The SMILES string of the molecule is C=C(Oc1cc(-n2ccc(CCC)n2)ccc1C)C(=O)OCC. The average Bonchev–Trinajstić information content (AvgIpc) is 2.98. The zero-order valence-electron chi connectivity index (χ0n) is 13.8. The second-order valence-corrected chi connectivity index (χ2v) is 5.20. The Bertz CT molecular complexity index is 704. The van der Waals surface area contributed by atoms with Crippen LogP contribution in [0.15, 0.2) is 42.8 Å². The van der Waals surface area contributed by atoms with Crippen molar-refractivity contribution in [1.82, 2.24) is 9.78 Å². The third-order valence-electron chi connectivity index (χ3n) is 3.32. The fourth-order valence-corrected chi connectivity index (χ4v) is 2.12. The lowest BCUT2D eigenvalue weighted by Gasteiger charge is -2.12. The van der Waals surface area contributed by atoms with E-state index in [2.05, 4.69) is 18.6 Å². The lowest BCUT2D eigenvalue weighted by Crippen LogP contribution is -2.12. The molecule has 2 aromatic rings. The summed E-state index contributed by atoms with van der Waals surface area (Å²) in [4.78, 5) is 11.6. The summed E-state index contributed by atoms with van der Waals surface area (Å²) in [5.74, 6) is -0.0195. The first-order chi connectivity index (χ1) is 11.0. The summed E-state index contributed by atoms with van der Waals surface area (Å²) in [6.45, 7) is 9.67.